The molecule has 4 aromatic heterocycles. The van der Waals surface area contributed by atoms with Gasteiger partial charge < -0.3 is 74.0 Å². The Hall–Kier alpha value is -8.77. The van der Waals surface area contributed by atoms with Crippen LogP contribution in [0.5, 0.6) is 46.0 Å². The van der Waals surface area contributed by atoms with Crippen LogP contribution < -0.4 is 37.3 Å². The molecule has 0 unspecified atom stereocenters. The summed E-state index contributed by atoms with van der Waals surface area (Å²) in [4.78, 5) is 53.7. The van der Waals surface area contributed by atoms with Crippen molar-refractivity contribution < 1.29 is 106 Å². The van der Waals surface area contributed by atoms with Crippen molar-refractivity contribution in [3.05, 3.63) is 93.8 Å². The van der Waals surface area contributed by atoms with Gasteiger partial charge in [-0.05, 0) is 58.9 Å². The largest absolute Gasteiger partial charge is 0.493 e. The minimum atomic E-state index is -5.01. The van der Waals surface area contributed by atoms with E-state index in [1.807, 2.05) is 0 Å². The van der Waals surface area contributed by atoms with Gasteiger partial charge in [-0.2, -0.15) is 8.42 Å². The third kappa shape index (κ3) is 10.6. The number of esters is 4. The first-order chi connectivity index (χ1) is 36.5. The van der Waals surface area contributed by atoms with Crippen LogP contribution in [-0.2, 0) is 49.2 Å². The first kappa shape index (κ1) is 53.5. The predicted molar refractivity (Wildman–Crippen MR) is 265 cm³/mol. The van der Waals surface area contributed by atoms with Gasteiger partial charge in [-0.15, -0.1) is 0 Å². The van der Waals surface area contributed by atoms with E-state index in [1.54, 1.807) is 46.8 Å². The van der Waals surface area contributed by atoms with Crippen LogP contribution in [-0.4, -0.2) is 91.7 Å². The number of ether oxygens (including phenoxy) is 11. The normalized spacial score (nSPS) is 11.4. The minimum absolute atomic E-state index is 0.00490. The molecule has 0 fully saturated rings. The van der Waals surface area contributed by atoms with E-state index in [9.17, 15) is 32.1 Å². The van der Waals surface area contributed by atoms with Gasteiger partial charge in [-0.1, -0.05) is 0 Å². The van der Waals surface area contributed by atoms with Gasteiger partial charge >= 0.3 is 34.3 Å². The number of fused-ring (bicyclic) bond motifs is 4. The molecule has 0 aliphatic rings. The van der Waals surface area contributed by atoms with Crippen LogP contribution in [0.4, 0.5) is 0 Å². The molecule has 4 heterocycles. The Labute approximate surface area is 432 Å². The van der Waals surface area contributed by atoms with Crippen LogP contribution in [0.1, 0.15) is 92.2 Å². The van der Waals surface area contributed by atoms with Gasteiger partial charge in [0, 0.05) is 45.8 Å². The summed E-state index contributed by atoms with van der Waals surface area (Å²) >= 11 is 0. The Morgan fingerprint density at radius 1 is 0.421 bits per heavy atom. The number of aryl methyl sites for hydroxylation is 1. The lowest BCUT2D eigenvalue weighted by Gasteiger charge is -2.11. The molecule has 23 nitrogen and oxygen atoms in total. The van der Waals surface area contributed by atoms with E-state index in [-0.39, 0.29) is 146 Å². The van der Waals surface area contributed by atoms with E-state index in [1.165, 1.54) is 58.8 Å². The van der Waals surface area contributed by atoms with E-state index in [4.69, 9.17) is 69.8 Å². The fourth-order valence-electron chi connectivity index (χ4n) is 8.32. The Balaban J connectivity index is 1.13. The maximum Gasteiger partial charge on any atom is 0.446 e. The Morgan fingerprint density at radius 2 is 0.697 bits per heavy atom. The van der Waals surface area contributed by atoms with Crippen molar-refractivity contribution in [1.29, 1.82) is 0 Å². The second-order valence-corrected chi connectivity index (χ2v) is 17.0. The van der Waals surface area contributed by atoms with Gasteiger partial charge in [-0.3, -0.25) is 4.55 Å². The van der Waals surface area contributed by atoms with Crippen LogP contribution in [0, 0.1) is 6.92 Å². The number of benzene rings is 4. The summed E-state index contributed by atoms with van der Waals surface area (Å²) in [6.45, 7) is 7.14. The first-order valence-corrected chi connectivity index (χ1v) is 24.6. The van der Waals surface area contributed by atoms with Crippen molar-refractivity contribution in [1.82, 2.24) is 0 Å². The van der Waals surface area contributed by atoms with Crippen molar-refractivity contribution >= 4 is 78.2 Å². The zero-order chi connectivity index (χ0) is 54.6. The van der Waals surface area contributed by atoms with E-state index in [0.29, 0.717) is 16.7 Å². The predicted octanol–water partition coefficient (Wildman–Crippen LogP) is 9.64. The van der Waals surface area contributed by atoms with Gasteiger partial charge in [0.1, 0.15) is 70.2 Å². The average molecular weight is 1080 g/mol. The molecule has 0 aliphatic heterocycles. The summed E-state index contributed by atoms with van der Waals surface area (Å²) < 4.78 is 124. The second-order valence-electron chi connectivity index (χ2n) is 16.0. The lowest BCUT2D eigenvalue weighted by atomic mass is 10.1. The highest BCUT2D eigenvalue weighted by Crippen LogP contribution is 2.43. The number of methoxy groups -OCH3 is 4. The summed E-state index contributed by atoms with van der Waals surface area (Å²) in [5.74, 6) is -2.32. The molecule has 4 aromatic carbocycles. The highest BCUT2D eigenvalue weighted by molar-refractivity contribution is 7.81. The molecular formula is C52H50O23S. The summed E-state index contributed by atoms with van der Waals surface area (Å²) in [6, 6.07) is 11.4. The number of furan rings is 4. The molecule has 0 aliphatic carbocycles. The molecule has 0 amide bonds. The number of carbonyl (C=O) groups excluding carboxylic acids is 4. The summed E-state index contributed by atoms with van der Waals surface area (Å²) in [7, 11) is 0.406. The molecule has 8 rings (SSSR count). The SMILES string of the molecule is CCOC(=O)c1c(C)oc2cc(OC)c(OCc3oc4cc(OC)c(OCc5oc6cc(OC)c(OCc7oc8cc(OC)c(OS(=O)(=O)O)cc8c7C(=O)OCC)cc6c5C(=O)OCC)cc4c3C(=O)OCC)cc12. The summed E-state index contributed by atoms with van der Waals surface area (Å²) in [6.07, 6.45) is 0. The van der Waals surface area contributed by atoms with Crippen molar-refractivity contribution in [2.75, 3.05) is 54.9 Å². The fourth-order valence-corrected chi connectivity index (χ4v) is 8.68. The third-order valence-electron chi connectivity index (χ3n) is 11.5. The molecule has 0 radical (unpaired) electrons. The average Bonchev–Trinajstić information content (AvgIpc) is 4.14. The van der Waals surface area contributed by atoms with Gasteiger partial charge in [0.05, 0.1) is 54.9 Å². The number of rotatable bonds is 23. The zero-order valence-electron chi connectivity index (χ0n) is 42.4. The Morgan fingerprint density at radius 3 is 1.00 bits per heavy atom. The van der Waals surface area contributed by atoms with Crippen molar-refractivity contribution in [2.45, 2.75) is 54.4 Å². The molecular weight excluding hydrogens is 1020 g/mol. The number of hydrogen-bond donors (Lipinski definition) is 1. The van der Waals surface area contributed by atoms with Crippen molar-refractivity contribution in [2.24, 2.45) is 0 Å². The van der Waals surface area contributed by atoms with Crippen LogP contribution in [0.15, 0.2) is 66.2 Å². The van der Waals surface area contributed by atoms with Crippen LogP contribution in [0.3, 0.4) is 0 Å². The van der Waals surface area contributed by atoms with Gasteiger partial charge in [0.2, 0.25) is 0 Å². The Kier molecular flexibility index (Phi) is 15.8. The molecule has 0 bridgehead atoms. The smallest absolute Gasteiger partial charge is 0.446 e. The molecule has 0 spiro atoms. The van der Waals surface area contributed by atoms with Crippen LogP contribution in [0.25, 0.3) is 43.9 Å². The zero-order valence-corrected chi connectivity index (χ0v) is 43.2. The van der Waals surface area contributed by atoms with Gasteiger partial charge in [0.15, 0.2) is 63.3 Å². The summed E-state index contributed by atoms with van der Waals surface area (Å²) in [5.41, 5.74) is 0.808. The molecule has 0 saturated heterocycles. The number of carbonyl (C=O) groups is 4. The van der Waals surface area contributed by atoms with Crippen molar-refractivity contribution in [3.63, 3.8) is 0 Å². The van der Waals surface area contributed by atoms with E-state index >= 15 is 0 Å². The summed E-state index contributed by atoms with van der Waals surface area (Å²) in [5, 5.41) is 0.929. The first-order valence-electron chi connectivity index (χ1n) is 23.2. The molecule has 0 atom stereocenters. The highest BCUT2D eigenvalue weighted by atomic mass is 32.3. The lowest BCUT2D eigenvalue weighted by molar-refractivity contribution is 0.0513. The second kappa shape index (κ2) is 22.4. The molecule has 8 aromatic rings. The molecule has 1 N–H and O–H groups in total. The quantitative estimate of drug-likeness (QED) is 0.0354. The fraction of sp³-hybridized carbons (Fsp3) is 0.308. The Bertz CT molecular complexity index is 3650. The van der Waals surface area contributed by atoms with E-state index < -0.39 is 53.2 Å². The monoisotopic (exact) mass is 1070 g/mol. The maximum atomic E-state index is 13.8. The molecule has 402 valence electrons. The minimum Gasteiger partial charge on any atom is -0.493 e. The van der Waals surface area contributed by atoms with E-state index in [0.717, 1.165) is 6.07 Å². The number of hydrogen-bond acceptors (Lipinski definition) is 22. The molecule has 0 saturated carbocycles. The van der Waals surface area contributed by atoms with Crippen molar-refractivity contribution in [3.8, 4) is 46.0 Å². The molecule has 24 heteroatoms. The lowest BCUT2D eigenvalue weighted by Crippen LogP contribution is -2.10. The van der Waals surface area contributed by atoms with Gasteiger partial charge in [-0.25, -0.2) is 19.2 Å². The highest BCUT2D eigenvalue weighted by Gasteiger charge is 2.31. The van der Waals surface area contributed by atoms with E-state index in [2.05, 4.69) is 4.18 Å². The van der Waals surface area contributed by atoms with Crippen LogP contribution >= 0.6 is 0 Å². The topological polar surface area (TPSA) is 286 Å². The standard InChI is InChI=1S/C52H50O23S/c1-10-64-49(53)45-25(5)71-30-18-34(60-6)38(14-26(30)45)68-22-42-46(50(54)65-11-2)27-15-39(35(61-7)19-31(27)72-42)69-23-43-47(51(55)66-12-3)28-16-40(36(62-8)20-32(28)73-43)70-24-44-48(52(56)67-13-4)29-17-41(75-76(57,58)59)37(63-9)21-33(29)74-44/h14-21H,10-13,22-24H2,1-9H3,(H,57,58,59). The third-order valence-corrected chi connectivity index (χ3v) is 11.9. The van der Waals surface area contributed by atoms with Gasteiger partial charge in [0.25, 0.3) is 0 Å². The van der Waals surface area contributed by atoms with Crippen LogP contribution in [0.2, 0.25) is 0 Å². The molecule has 76 heavy (non-hydrogen) atoms. The maximum absolute atomic E-state index is 13.8.